The van der Waals surface area contributed by atoms with Crippen LogP contribution in [0.5, 0.6) is 5.75 Å². The summed E-state index contributed by atoms with van der Waals surface area (Å²) in [5, 5.41) is 9.31. The number of aliphatic hydroxyl groups excluding tert-OH is 1. The average molecular weight is 237 g/mol. The molecule has 0 bridgehead atoms. The van der Waals surface area contributed by atoms with Gasteiger partial charge in [0, 0.05) is 6.04 Å². The van der Waals surface area contributed by atoms with E-state index < -0.39 is 0 Å². The van der Waals surface area contributed by atoms with Crippen LogP contribution in [0.2, 0.25) is 0 Å². The molecule has 0 aromatic heterocycles. The van der Waals surface area contributed by atoms with Crippen molar-refractivity contribution in [3.8, 4) is 5.75 Å². The van der Waals surface area contributed by atoms with Crippen molar-refractivity contribution in [2.75, 3.05) is 6.61 Å². The first-order chi connectivity index (χ1) is 8.10. The van der Waals surface area contributed by atoms with Crippen LogP contribution >= 0.6 is 0 Å². The molecule has 3 nitrogen and oxygen atoms in total. The highest BCUT2D eigenvalue weighted by Gasteiger charge is 2.18. The largest absolute Gasteiger partial charge is 0.486 e. The zero-order valence-corrected chi connectivity index (χ0v) is 10.9. The molecule has 17 heavy (non-hydrogen) atoms. The highest BCUT2D eigenvalue weighted by atomic mass is 16.5. The van der Waals surface area contributed by atoms with Crippen LogP contribution in [0, 0.1) is 0 Å². The number of hydrogen-bond donors (Lipinski definition) is 2. The van der Waals surface area contributed by atoms with Crippen molar-refractivity contribution in [3.05, 3.63) is 29.8 Å². The Labute approximate surface area is 104 Å². The van der Waals surface area contributed by atoms with E-state index in [1.165, 1.54) is 0 Å². The molecule has 0 fully saturated rings. The minimum absolute atomic E-state index is 0.0541. The van der Waals surface area contributed by atoms with E-state index in [9.17, 15) is 5.11 Å². The third-order valence-electron chi connectivity index (χ3n) is 2.95. The highest BCUT2D eigenvalue weighted by molar-refractivity contribution is 5.35. The maximum absolute atomic E-state index is 9.31. The molecule has 0 saturated heterocycles. The molecule has 0 spiro atoms. The zero-order chi connectivity index (χ0) is 12.8. The van der Waals surface area contributed by atoms with Crippen LogP contribution in [0.15, 0.2) is 24.3 Å². The lowest BCUT2D eigenvalue weighted by Crippen LogP contribution is -2.41. The fourth-order valence-corrected chi connectivity index (χ4v) is 1.75. The monoisotopic (exact) mass is 237 g/mol. The molecule has 0 aliphatic carbocycles. The van der Waals surface area contributed by atoms with E-state index in [0.717, 1.165) is 17.7 Å². The van der Waals surface area contributed by atoms with Gasteiger partial charge in [-0.15, -0.1) is 0 Å². The second-order valence-corrected chi connectivity index (χ2v) is 4.60. The lowest BCUT2D eigenvalue weighted by molar-refractivity contribution is 0.0922. The summed E-state index contributed by atoms with van der Waals surface area (Å²) in [6.07, 6.45) is 0.453. The van der Waals surface area contributed by atoms with Crippen LogP contribution in [0.4, 0.5) is 0 Å². The first-order valence-electron chi connectivity index (χ1n) is 6.22. The summed E-state index contributed by atoms with van der Waals surface area (Å²) in [5.41, 5.74) is 7.06. The molecular weight excluding hydrogens is 214 g/mol. The van der Waals surface area contributed by atoms with Crippen molar-refractivity contribution in [2.45, 2.75) is 45.3 Å². The van der Waals surface area contributed by atoms with Gasteiger partial charge in [0.05, 0.1) is 6.61 Å². The van der Waals surface area contributed by atoms with Crippen molar-refractivity contribution < 1.29 is 9.84 Å². The van der Waals surface area contributed by atoms with Gasteiger partial charge in [0.1, 0.15) is 11.9 Å². The van der Waals surface area contributed by atoms with Crippen LogP contribution in [0.25, 0.3) is 0 Å². The van der Waals surface area contributed by atoms with Crippen molar-refractivity contribution in [2.24, 2.45) is 5.73 Å². The quantitative estimate of drug-likeness (QED) is 0.798. The molecule has 96 valence electrons. The minimum atomic E-state index is -0.333. The lowest BCUT2D eigenvalue weighted by atomic mass is 10.0. The van der Waals surface area contributed by atoms with Crippen LogP contribution < -0.4 is 10.5 Å². The molecule has 1 rings (SSSR count). The number of ether oxygens (including phenoxy) is 1. The van der Waals surface area contributed by atoms with E-state index in [2.05, 4.69) is 13.8 Å². The van der Waals surface area contributed by atoms with E-state index >= 15 is 0 Å². The van der Waals surface area contributed by atoms with E-state index in [1.54, 1.807) is 0 Å². The van der Waals surface area contributed by atoms with Crippen LogP contribution in [0.1, 0.15) is 38.7 Å². The van der Waals surface area contributed by atoms with Crippen molar-refractivity contribution in [1.29, 1.82) is 0 Å². The summed E-state index contributed by atoms with van der Waals surface area (Å²) in [7, 11) is 0. The number of aliphatic hydroxyl groups is 1. The maximum Gasteiger partial charge on any atom is 0.137 e. The predicted molar refractivity (Wildman–Crippen MR) is 70.3 cm³/mol. The van der Waals surface area contributed by atoms with Gasteiger partial charge in [0.25, 0.3) is 0 Å². The smallest absolute Gasteiger partial charge is 0.137 e. The first kappa shape index (κ1) is 14.0. The predicted octanol–water partition coefficient (Wildman–Crippen LogP) is 2.29. The standard InChI is InChI=1S/C14H23NO2/c1-4-12(15)14(9-16)17-13-8-6-5-7-11(13)10(2)3/h5-8,10,12,14,16H,4,9,15H2,1-3H3. The van der Waals surface area contributed by atoms with Crippen LogP contribution in [-0.2, 0) is 0 Å². The number of para-hydroxylation sites is 1. The molecule has 0 saturated carbocycles. The summed E-state index contributed by atoms with van der Waals surface area (Å²) in [5.74, 6) is 1.22. The zero-order valence-electron chi connectivity index (χ0n) is 10.9. The Bertz CT molecular complexity index is 339. The second-order valence-electron chi connectivity index (χ2n) is 4.60. The van der Waals surface area contributed by atoms with E-state index in [1.807, 2.05) is 31.2 Å². The SMILES string of the molecule is CCC(N)C(CO)Oc1ccccc1C(C)C. The molecule has 0 heterocycles. The molecule has 0 aliphatic heterocycles. The van der Waals surface area contributed by atoms with E-state index in [-0.39, 0.29) is 18.8 Å². The summed E-state index contributed by atoms with van der Waals surface area (Å²) < 4.78 is 5.83. The Balaban J connectivity index is 2.85. The molecular formula is C14H23NO2. The molecule has 3 N–H and O–H groups in total. The Hall–Kier alpha value is -1.06. The molecule has 2 atom stereocenters. The van der Waals surface area contributed by atoms with Gasteiger partial charge in [0.2, 0.25) is 0 Å². The Morgan fingerprint density at radius 3 is 2.47 bits per heavy atom. The Kier molecular flexibility index (Phi) is 5.45. The highest BCUT2D eigenvalue weighted by Crippen LogP contribution is 2.27. The normalized spacial score (nSPS) is 14.7. The Morgan fingerprint density at radius 1 is 1.29 bits per heavy atom. The average Bonchev–Trinajstić information content (AvgIpc) is 2.35. The van der Waals surface area contributed by atoms with Gasteiger partial charge in [0.15, 0.2) is 0 Å². The van der Waals surface area contributed by atoms with Gasteiger partial charge in [-0.05, 0) is 24.0 Å². The number of rotatable bonds is 6. The summed E-state index contributed by atoms with van der Waals surface area (Å²) in [4.78, 5) is 0. The summed E-state index contributed by atoms with van der Waals surface area (Å²) in [6.45, 7) is 6.18. The molecule has 0 amide bonds. The van der Waals surface area contributed by atoms with Crippen molar-refractivity contribution >= 4 is 0 Å². The fraction of sp³-hybridized carbons (Fsp3) is 0.571. The van der Waals surface area contributed by atoms with Crippen molar-refractivity contribution in [3.63, 3.8) is 0 Å². The fourth-order valence-electron chi connectivity index (χ4n) is 1.75. The number of hydrogen-bond acceptors (Lipinski definition) is 3. The van der Waals surface area contributed by atoms with Gasteiger partial charge in [-0.25, -0.2) is 0 Å². The molecule has 1 aromatic rings. The first-order valence-corrected chi connectivity index (χ1v) is 6.22. The van der Waals surface area contributed by atoms with Crippen LogP contribution in [0.3, 0.4) is 0 Å². The van der Waals surface area contributed by atoms with Crippen molar-refractivity contribution in [1.82, 2.24) is 0 Å². The minimum Gasteiger partial charge on any atom is -0.486 e. The molecule has 3 heteroatoms. The third-order valence-corrected chi connectivity index (χ3v) is 2.95. The Morgan fingerprint density at radius 2 is 1.94 bits per heavy atom. The number of nitrogens with two attached hydrogens (primary N) is 1. The second kappa shape index (κ2) is 6.62. The summed E-state index contributed by atoms with van der Waals surface area (Å²) >= 11 is 0. The number of benzene rings is 1. The van der Waals surface area contributed by atoms with Crippen LogP contribution in [-0.4, -0.2) is 23.9 Å². The van der Waals surface area contributed by atoms with Gasteiger partial charge < -0.3 is 15.6 Å². The van der Waals surface area contributed by atoms with E-state index in [0.29, 0.717) is 5.92 Å². The topological polar surface area (TPSA) is 55.5 Å². The third kappa shape index (κ3) is 3.72. The molecule has 2 unspecified atom stereocenters. The molecule has 1 aromatic carbocycles. The maximum atomic E-state index is 9.31. The van der Waals surface area contributed by atoms with E-state index in [4.69, 9.17) is 10.5 Å². The summed E-state index contributed by atoms with van der Waals surface area (Å²) in [6, 6.07) is 7.77. The van der Waals surface area contributed by atoms with Gasteiger partial charge in [-0.2, -0.15) is 0 Å². The van der Waals surface area contributed by atoms with Gasteiger partial charge in [-0.3, -0.25) is 0 Å². The van der Waals surface area contributed by atoms with Gasteiger partial charge in [-0.1, -0.05) is 39.0 Å². The molecule has 0 aliphatic rings. The van der Waals surface area contributed by atoms with Gasteiger partial charge >= 0.3 is 0 Å². The lowest BCUT2D eigenvalue weighted by Gasteiger charge is -2.24. The molecule has 0 radical (unpaired) electrons.